The van der Waals surface area contributed by atoms with Crippen LogP contribution in [-0.2, 0) is 0 Å². The third-order valence-corrected chi connectivity index (χ3v) is 10.4. The van der Waals surface area contributed by atoms with E-state index in [9.17, 15) is 0 Å². The summed E-state index contributed by atoms with van der Waals surface area (Å²) in [5.41, 5.74) is 1.91. The molecule has 0 spiro atoms. The van der Waals surface area contributed by atoms with Crippen molar-refractivity contribution in [2.75, 3.05) is 12.3 Å². The molecule has 0 saturated carbocycles. The first-order chi connectivity index (χ1) is 9.78. The Labute approximate surface area is 123 Å². The third-order valence-electron chi connectivity index (χ3n) is 4.60. The van der Waals surface area contributed by atoms with Crippen molar-refractivity contribution in [2.24, 2.45) is 0 Å². The Hall–Kier alpha value is -1.39. The van der Waals surface area contributed by atoms with E-state index in [-0.39, 0.29) is 0 Å². The summed E-state index contributed by atoms with van der Waals surface area (Å²) >= 11 is 0. The molecule has 106 valence electrons. The third kappa shape index (κ3) is 2.72. The van der Waals surface area contributed by atoms with Crippen LogP contribution in [0.5, 0.6) is 0 Å². The van der Waals surface area contributed by atoms with Crippen LogP contribution in [0.3, 0.4) is 0 Å². The molecule has 0 aliphatic carbocycles. The van der Waals surface area contributed by atoms with Crippen molar-refractivity contribution in [1.82, 2.24) is 0 Å². The van der Waals surface area contributed by atoms with E-state index in [4.69, 9.17) is 0 Å². The van der Waals surface area contributed by atoms with Crippen molar-refractivity contribution in [2.45, 2.75) is 19.5 Å². The summed E-state index contributed by atoms with van der Waals surface area (Å²) in [6, 6.07) is 22.0. The van der Waals surface area contributed by atoms with Gasteiger partial charge in [0.2, 0.25) is 0 Å². The normalized spacial score (nSPS) is 13.7. The summed E-state index contributed by atoms with van der Waals surface area (Å²) in [5.74, 6) is 0. The summed E-state index contributed by atoms with van der Waals surface area (Å²) in [5, 5.41) is 1.55. The number of allylic oxidation sites excluding steroid dienone is 1. The van der Waals surface area contributed by atoms with Crippen LogP contribution in [0.2, 0.25) is 0 Å². The number of benzene rings is 2. The van der Waals surface area contributed by atoms with Crippen LogP contribution in [0.1, 0.15) is 25.1 Å². The summed E-state index contributed by atoms with van der Waals surface area (Å²) in [6.45, 7) is 8.86. The molecular weight excluding hydrogens is 259 g/mol. The van der Waals surface area contributed by atoms with Gasteiger partial charge in [-0.3, -0.25) is 0 Å². The van der Waals surface area contributed by atoms with Crippen LogP contribution >= 0.6 is 7.26 Å². The predicted molar refractivity (Wildman–Crippen MR) is 94.9 cm³/mol. The van der Waals surface area contributed by atoms with Gasteiger partial charge >= 0.3 is 123 Å². The Morgan fingerprint density at radius 3 is 1.85 bits per heavy atom. The molecule has 20 heavy (non-hydrogen) atoms. The Balaban J connectivity index is 2.54. The van der Waals surface area contributed by atoms with Gasteiger partial charge in [-0.05, 0) is 0 Å². The molecular formula is C19H25P. The SMILES string of the molecule is C=CC(c1ccccc1)[PH](CC)(CC)c1ccccc1. The molecule has 0 aliphatic heterocycles. The van der Waals surface area contributed by atoms with Gasteiger partial charge < -0.3 is 0 Å². The van der Waals surface area contributed by atoms with Crippen molar-refractivity contribution in [3.05, 3.63) is 78.9 Å². The van der Waals surface area contributed by atoms with E-state index in [2.05, 4.69) is 87.2 Å². The monoisotopic (exact) mass is 284 g/mol. The molecule has 1 heteroatoms. The first kappa shape index (κ1) is 15.0. The molecule has 0 heterocycles. The zero-order valence-corrected chi connectivity index (χ0v) is 13.5. The number of hydrogen-bond acceptors (Lipinski definition) is 0. The van der Waals surface area contributed by atoms with Crippen molar-refractivity contribution in [1.29, 1.82) is 0 Å². The van der Waals surface area contributed by atoms with Crippen molar-refractivity contribution < 1.29 is 0 Å². The minimum absolute atomic E-state index is 0.487. The summed E-state index contributed by atoms with van der Waals surface area (Å²) in [7, 11) is -1.61. The van der Waals surface area contributed by atoms with E-state index in [1.165, 1.54) is 17.9 Å². The molecule has 2 aromatic carbocycles. The van der Waals surface area contributed by atoms with Gasteiger partial charge in [-0.2, -0.15) is 0 Å². The average Bonchev–Trinajstić information content (AvgIpc) is 2.54. The summed E-state index contributed by atoms with van der Waals surface area (Å²) in [6.07, 6.45) is 4.68. The Morgan fingerprint density at radius 2 is 1.40 bits per heavy atom. The predicted octanol–water partition coefficient (Wildman–Crippen LogP) is 5.03. The molecule has 0 nitrogen and oxygen atoms in total. The minimum atomic E-state index is -1.61. The fourth-order valence-electron chi connectivity index (χ4n) is 3.39. The molecule has 0 amide bonds. The van der Waals surface area contributed by atoms with Crippen LogP contribution in [0, 0.1) is 0 Å². The zero-order chi connectivity index (χ0) is 14.4. The van der Waals surface area contributed by atoms with Gasteiger partial charge in [0.15, 0.2) is 0 Å². The maximum absolute atomic E-state index is 4.16. The fraction of sp³-hybridized carbons (Fsp3) is 0.263. The van der Waals surface area contributed by atoms with E-state index in [0.717, 1.165) is 0 Å². The second kappa shape index (κ2) is 6.86. The molecule has 1 atom stereocenters. The Morgan fingerprint density at radius 1 is 0.900 bits per heavy atom. The average molecular weight is 284 g/mol. The number of rotatable bonds is 6. The van der Waals surface area contributed by atoms with Crippen LogP contribution in [0.4, 0.5) is 0 Å². The molecule has 0 aromatic heterocycles. The standard InChI is InChI=1S/C19H25P/c1-4-19(17-13-9-7-10-14-17)20(5-2,6-3)18-15-11-8-12-16-18/h4,7-16,19-20H,1,5-6H2,2-3H3. The molecule has 0 saturated heterocycles. The molecule has 1 unspecified atom stereocenters. The zero-order valence-electron chi connectivity index (χ0n) is 12.5. The van der Waals surface area contributed by atoms with Gasteiger partial charge in [-0.1, -0.05) is 0 Å². The molecule has 0 aliphatic rings. The quantitative estimate of drug-likeness (QED) is 0.515. The van der Waals surface area contributed by atoms with E-state index >= 15 is 0 Å². The van der Waals surface area contributed by atoms with Gasteiger partial charge in [-0.25, -0.2) is 0 Å². The van der Waals surface area contributed by atoms with Crippen LogP contribution < -0.4 is 5.30 Å². The number of hydrogen-bond donors (Lipinski definition) is 0. The van der Waals surface area contributed by atoms with E-state index in [1.54, 1.807) is 5.30 Å². The maximum atomic E-state index is 4.16. The fourth-order valence-corrected chi connectivity index (χ4v) is 8.08. The van der Waals surface area contributed by atoms with E-state index < -0.39 is 7.26 Å². The molecule has 0 radical (unpaired) electrons. The molecule has 2 aromatic rings. The van der Waals surface area contributed by atoms with Gasteiger partial charge in [0, 0.05) is 0 Å². The van der Waals surface area contributed by atoms with E-state index in [0.29, 0.717) is 5.66 Å². The first-order valence-corrected chi connectivity index (χ1v) is 10.0. The topological polar surface area (TPSA) is 0 Å². The van der Waals surface area contributed by atoms with Gasteiger partial charge in [0.25, 0.3) is 0 Å². The summed E-state index contributed by atoms with van der Waals surface area (Å²) in [4.78, 5) is 0. The van der Waals surface area contributed by atoms with Gasteiger partial charge in [-0.15, -0.1) is 0 Å². The Bertz CT molecular complexity index is 526. The van der Waals surface area contributed by atoms with Crippen LogP contribution in [0.15, 0.2) is 73.3 Å². The summed E-state index contributed by atoms with van der Waals surface area (Å²) < 4.78 is 0. The van der Waals surface area contributed by atoms with Crippen LogP contribution in [0.25, 0.3) is 0 Å². The van der Waals surface area contributed by atoms with E-state index in [1.807, 2.05) is 0 Å². The molecule has 0 bridgehead atoms. The molecule has 0 N–H and O–H groups in total. The molecule has 2 rings (SSSR count). The molecule has 0 fully saturated rings. The second-order valence-electron chi connectivity index (χ2n) is 5.35. The van der Waals surface area contributed by atoms with Gasteiger partial charge in [0.1, 0.15) is 0 Å². The first-order valence-electron chi connectivity index (χ1n) is 7.51. The Kier molecular flexibility index (Phi) is 5.15. The van der Waals surface area contributed by atoms with Crippen molar-refractivity contribution in [3.8, 4) is 0 Å². The van der Waals surface area contributed by atoms with Crippen LogP contribution in [-0.4, -0.2) is 12.3 Å². The van der Waals surface area contributed by atoms with Crippen molar-refractivity contribution in [3.63, 3.8) is 0 Å². The van der Waals surface area contributed by atoms with Crippen molar-refractivity contribution >= 4 is 12.6 Å². The second-order valence-corrected chi connectivity index (χ2v) is 10.3. The van der Waals surface area contributed by atoms with Gasteiger partial charge in [0.05, 0.1) is 0 Å².